The molecule has 0 heterocycles. The Labute approximate surface area is 348 Å². The van der Waals surface area contributed by atoms with Crippen LogP contribution in [0, 0.1) is 0 Å². The van der Waals surface area contributed by atoms with E-state index in [-0.39, 0.29) is 38.6 Å². The molecule has 0 radical (unpaired) electrons. The third-order valence-electron chi connectivity index (χ3n) is 9.11. The van der Waals surface area contributed by atoms with E-state index >= 15 is 0 Å². The van der Waals surface area contributed by atoms with Gasteiger partial charge < -0.3 is 20.1 Å². The number of unbranched alkanes of at least 4 members (excludes halogenated alkanes) is 16. The summed E-state index contributed by atoms with van der Waals surface area (Å²) in [5.74, 6) is -0.849. The van der Waals surface area contributed by atoms with Crippen LogP contribution in [0.2, 0.25) is 0 Å². The van der Waals surface area contributed by atoms with Crippen molar-refractivity contribution >= 4 is 19.8 Å². The van der Waals surface area contributed by atoms with Gasteiger partial charge in [0.25, 0.3) is 0 Å². The molecule has 57 heavy (non-hydrogen) atoms. The maximum Gasteiger partial charge on any atom is 0.472 e. The highest BCUT2D eigenvalue weighted by atomic mass is 31.2. The van der Waals surface area contributed by atoms with E-state index in [1.54, 1.807) is 0 Å². The lowest BCUT2D eigenvalue weighted by molar-refractivity contribution is -0.161. The predicted octanol–water partition coefficient (Wildman–Crippen LogP) is 13.1. The number of carbonyl (C=O) groups is 2. The number of hydrogen-bond donors (Lipinski definition) is 2. The van der Waals surface area contributed by atoms with Gasteiger partial charge in [-0.1, -0.05) is 177 Å². The Kier molecular flexibility index (Phi) is 41.1. The molecular weight excluding hydrogens is 737 g/mol. The van der Waals surface area contributed by atoms with E-state index in [4.69, 9.17) is 24.3 Å². The zero-order chi connectivity index (χ0) is 41.8. The molecule has 0 aromatic heterocycles. The van der Waals surface area contributed by atoms with E-state index in [1.807, 2.05) is 0 Å². The smallest absolute Gasteiger partial charge is 0.462 e. The molecule has 0 aromatic rings. The summed E-state index contributed by atoms with van der Waals surface area (Å²) in [5.41, 5.74) is 5.34. The molecule has 0 saturated heterocycles. The van der Waals surface area contributed by atoms with Gasteiger partial charge in [0.1, 0.15) is 6.61 Å². The lowest BCUT2D eigenvalue weighted by Crippen LogP contribution is -2.29. The van der Waals surface area contributed by atoms with Gasteiger partial charge in [0.05, 0.1) is 13.2 Å². The number of phosphoric acid groups is 1. The van der Waals surface area contributed by atoms with Crippen molar-refractivity contribution in [3.63, 3.8) is 0 Å². The second-order valence-electron chi connectivity index (χ2n) is 14.5. The van der Waals surface area contributed by atoms with Crippen LogP contribution in [0.25, 0.3) is 0 Å². The number of allylic oxidation sites excluding steroid dienone is 12. The molecule has 0 amide bonds. The Balaban J connectivity index is 4.13. The van der Waals surface area contributed by atoms with Gasteiger partial charge in [0.15, 0.2) is 6.10 Å². The molecule has 0 spiro atoms. The summed E-state index contributed by atoms with van der Waals surface area (Å²) in [6, 6.07) is 0. The highest BCUT2D eigenvalue weighted by Crippen LogP contribution is 2.43. The van der Waals surface area contributed by atoms with Gasteiger partial charge in [-0.3, -0.25) is 18.6 Å². The number of rotatable bonds is 41. The van der Waals surface area contributed by atoms with Gasteiger partial charge in [-0.25, -0.2) is 4.57 Å². The van der Waals surface area contributed by atoms with Gasteiger partial charge in [-0.05, 0) is 64.2 Å². The monoisotopic (exact) mass is 820 g/mol. The van der Waals surface area contributed by atoms with Crippen molar-refractivity contribution in [2.45, 2.75) is 187 Å². The first-order valence-corrected chi connectivity index (χ1v) is 23.9. The van der Waals surface area contributed by atoms with Crippen LogP contribution in [0.3, 0.4) is 0 Å². The van der Waals surface area contributed by atoms with Gasteiger partial charge in [0, 0.05) is 19.4 Å². The van der Waals surface area contributed by atoms with E-state index in [0.717, 1.165) is 96.3 Å². The molecule has 0 rings (SSSR count). The third-order valence-corrected chi connectivity index (χ3v) is 10.1. The van der Waals surface area contributed by atoms with Gasteiger partial charge in [-0.15, -0.1) is 0 Å². The average molecular weight is 820 g/mol. The molecular formula is C47H82NO8P. The Hall–Kier alpha value is -2.55. The van der Waals surface area contributed by atoms with Crippen LogP contribution in [0.5, 0.6) is 0 Å². The van der Waals surface area contributed by atoms with Crippen LogP contribution in [-0.2, 0) is 32.7 Å². The molecule has 0 aliphatic heterocycles. The highest BCUT2D eigenvalue weighted by Gasteiger charge is 2.26. The molecule has 10 heteroatoms. The van der Waals surface area contributed by atoms with E-state index in [1.165, 1.54) is 51.4 Å². The van der Waals surface area contributed by atoms with Crippen molar-refractivity contribution in [1.29, 1.82) is 0 Å². The zero-order valence-electron chi connectivity index (χ0n) is 36.0. The van der Waals surface area contributed by atoms with E-state index < -0.39 is 26.5 Å². The van der Waals surface area contributed by atoms with Crippen LogP contribution in [0.1, 0.15) is 181 Å². The Bertz CT molecular complexity index is 1160. The van der Waals surface area contributed by atoms with Crippen LogP contribution in [0.15, 0.2) is 72.9 Å². The number of phosphoric ester groups is 1. The molecule has 0 aromatic carbocycles. The second-order valence-corrected chi connectivity index (χ2v) is 16.0. The minimum Gasteiger partial charge on any atom is -0.462 e. The van der Waals surface area contributed by atoms with E-state index in [9.17, 15) is 19.0 Å². The van der Waals surface area contributed by atoms with Crippen LogP contribution >= 0.6 is 7.82 Å². The van der Waals surface area contributed by atoms with Gasteiger partial charge in [-0.2, -0.15) is 0 Å². The molecule has 9 nitrogen and oxygen atoms in total. The quantitative estimate of drug-likeness (QED) is 0.0267. The fourth-order valence-corrected chi connectivity index (χ4v) is 6.58. The van der Waals surface area contributed by atoms with Crippen molar-refractivity contribution in [3.05, 3.63) is 72.9 Å². The fourth-order valence-electron chi connectivity index (χ4n) is 5.81. The summed E-state index contributed by atoms with van der Waals surface area (Å²) in [6.45, 7) is 3.58. The normalized spacial score (nSPS) is 14.0. The number of carbonyl (C=O) groups excluding carboxylic acids is 2. The Morgan fingerprint density at radius 2 is 0.965 bits per heavy atom. The lowest BCUT2D eigenvalue weighted by Gasteiger charge is -2.19. The first kappa shape index (κ1) is 54.5. The maximum atomic E-state index is 12.6. The lowest BCUT2D eigenvalue weighted by atomic mass is 10.1. The van der Waals surface area contributed by atoms with Crippen molar-refractivity contribution in [3.8, 4) is 0 Å². The van der Waals surface area contributed by atoms with Gasteiger partial charge in [0.2, 0.25) is 0 Å². The molecule has 0 aliphatic carbocycles. The second kappa shape index (κ2) is 43.0. The SMILES string of the molecule is CC/C=C\C/C=C\C/C=C\C/C=C\C/C=C\C/C=C\CCCCCCCCC(=O)OC(COC(=O)CCCCCCCCCCCCC)COP(=O)(O)OCCN. The topological polar surface area (TPSA) is 134 Å². The average Bonchev–Trinajstić information content (AvgIpc) is 3.20. The molecule has 3 N–H and O–H groups in total. The van der Waals surface area contributed by atoms with E-state index in [0.29, 0.717) is 6.42 Å². The zero-order valence-corrected chi connectivity index (χ0v) is 36.9. The molecule has 0 fully saturated rings. The molecule has 328 valence electrons. The van der Waals surface area contributed by atoms with Crippen molar-refractivity contribution < 1.29 is 37.6 Å². The summed E-state index contributed by atoms with van der Waals surface area (Å²) in [7, 11) is -4.38. The van der Waals surface area contributed by atoms with E-state index in [2.05, 4.69) is 86.8 Å². The summed E-state index contributed by atoms with van der Waals surface area (Å²) in [6.07, 6.45) is 52.2. The summed E-state index contributed by atoms with van der Waals surface area (Å²) in [4.78, 5) is 34.8. The van der Waals surface area contributed by atoms with Crippen molar-refractivity contribution in [1.82, 2.24) is 0 Å². The van der Waals surface area contributed by atoms with Gasteiger partial charge >= 0.3 is 19.8 Å². The number of hydrogen-bond acceptors (Lipinski definition) is 8. The molecule has 0 saturated carbocycles. The minimum atomic E-state index is -4.38. The largest absolute Gasteiger partial charge is 0.472 e. The maximum absolute atomic E-state index is 12.6. The number of nitrogens with two attached hydrogens (primary N) is 1. The Morgan fingerprint density at radius 1 is 0.544 bits per heavy atom. The van der Waals surface area contributed by atoms with Crippen LogP contribution < -0.4 is 5.73 Å². The first-order chi connectivity index (χ1) is 27.8. The summed E-state index contributed by atoms with van der Waals surface area (Å²) >= 11 is 0. The van der Waals surface area contributed by atoms with Crippen molar-refractivity contribution in [2.75, 3.05) is 26.4 Å². The summed E-state index contributed by atoms with van der Waals surface area (Å²) < 4.78 is 32.7. The highest BCUT2D eigenvalue weighted by molar-refractivity contribution is 7.47. The number of ether oxygens (including phenoxy) is 2. The van der Waals surface area contributed by atoms with Crippen LogP contribution in [-0.4, -0.2) is 49.3 Å². The Morgan fingerprint density at radius 3 is 1.44 bits per heavy atom. The standard InChI is InChI=1S/C47H82NO8P/c1-3-5-7-9-11-13-15-16-17-18-19-20-21-22-23-24-25-26-27-28-30-32-34-36-38-40-47(50)56-45(44-55-57(51,52)54-42-41-48)43-53-46(49)39-37-35-33-31-29-14-12-10-8-6-4-2/h5,7,11,13,16-17,19-20,22-23,25-26,45H,3-4,6,8-10,12,14-15,18,21,24,27-44,48H2,1-2H3,(H,51,52)/b7-5-,13-11-,17-16-,20-19-,23-22-,26-25-. The third kappa shape index (κ3) is 42.9. The first-order valence-electron chi connectivity index (χ1n) is 22.4. The molecule has 0 aliphatic rings. The van der Waals surface area contributed by atoms with Crippen molar-refractivity contribution in [2.24, 2.45) is 5.73 Å². The molecule has 0 bridgehead atoms. The number of esters is 2. The van der Waals surface area contributed by atoms with Crippen LogP contribution in [0.4, 0.5) is 0 Å². The minimum absolute atomic E-state index is 0.0481. The molecule has 2 atom stereocenters. The predicted molar refractivity (Wildman–Crippen MR) is 238 cm³/mol. The molecule has 2 unspecified atom stereocenters. The fraction of sp³-hybridized carbons (Fsp3) is 0.702. The summed E-state index contributed by atoms with van der Waals surface area (Å²) in [5, 5.41) is 0.